The molecule has 0 aliphatic rings. The van der Waals surface area contributed by atoms with Crippen molar-refractivity contribution in [1.29, 1.82) is 0 Å². The van der Waals surface area contributed by atoms with Crippen molar-refractivity contribution >= 4 is 17.7 Å². The van der Waals surface area contributed by atoms with Crippen molar-refractivity contribution in [1.82, 2.24) is 14.7 Å². The third-order valence-corrected chi connectivity index (χ3v) is 3.30. The zero-order chi connectivity index (χ0) is 17.9. The summed E-state index contributed by atoms with van der Waals surface area (Å²) in [6, 6.07) is 5.18. The fourth-order valence-corrected chi connectivity index (χ4v) is 2.07. The van der Waals surface area contributed by atoms with Crippen LogP contribution in [0.5, 0.6) is 5.75 Å². The minimum Gasteiger partial charge on any atom is -0.464 e. The lowest BCUT2D eigenvalue weighted by molar-refractivity contribution is -0.149. The van der Waals surface area contributed by atoms with Gasteiger partial charge in [-0.05, 0) is 39.8 Å². The van der Waals surface area contributed by atoms with Crippen molar-refractivity contribution in [3.05, 3.63) is 40.4 Å². The van der Waals surface area contributed by atoms with Gasteiger partial charge in [-0.2, -0.15) is 0 Å². The largest absolute Gasteiger partial charge is 0.464 e. The molecule has 0 spiro atoms. The molecule has 8 heteroatoms. The van der Waals surface area contributed by atoms with E-state index in [9.17, 15) is 14.4 Å². The maximum absolute atomic E-state index is 12.4. The van der Waals surface area contributed by atoms with Gasteiger partial charge < -0.3 is 14.8 Å². The van der Waals surface area contributed by atoms with Crippen molar-refractivity contribution < 1.29 is 19.1 Å². The highest BCUT2D eigenvalue weighted by Gasteiger charge is 2.32. The van der Waals surface area contributed by atoms with Gasteiger partial charge in [-0.25, -0.2) is 14.6 Å². The van der Waals surface area contributed by atoms with Gasteiger partial charge in [0.25, 0.3) is 0 Å². The molecule has 0 fully saturated rings. The Morgan fingerprint density at radius 1 is 1.33 bits per heavy atom. The molecular weight excluding hydrogens is 314 g/mol. The number of aryl methyl sites for hydroxylation is 1. The van der Waals surface area contributed by atoms with Gasteiger partial charge in [0.2, 0.25) is 5.75 Å². The van der Waals surface area contributed by atoms with Crippen LogP contribution >= 0.6 is 0 Å². The van der Waals surface area contributed by atoms with Crippen LogP contribution in [0.25, 0.3) is 5.65 Å². The first-order valence-electron chi connectivity index (χ1n) is 7.41. The monoisotopic (exact) mass is 333 g/mol. The average Bonchev–Trinajstić information content (AvgIpc) is 2.50. The lowest BCUT2D eigenvalue weighted by Gasteiger charge is -2.23. The molecule has 2 aromatic heterocycles. The number of aromatic nitrogens is 2. The molecule has 2 heterocycles. The van der Waals surface area contributed by atoms with Crippen LogP contribution in [0.4, 0.5) is 4.79 Å². The minimum atomic E-state index is -1.29. The van der Waals surface area contributed by atoms with E-state index < -0.39 is 23.2 Å². The first-order valence-corrected chi connectivity index (χ1v) is 7.41. The Kier molecular flexibility index (Phi) is 4.87. The van der Waals surface area contributed by atoms with E-state index in [1.54, 1.807) is 32.0 Å². The first kappa shape index (κ1) is 17.5. The Hall–Kier alpha value is -2.90. The number of carbonyl (C=O) groups excluding carboxylic acids is 2. The number of nitrogens with one attached hydrogen (secondary N) is 1. The number of pyridine rings is 1. The third-order valence-electron chi connectivity index (χ3n) is 3.30. The summed E-state index contributed by atoms with van der Waals surface area (Å²) >= 11 is 0. The molecule has 1 N–H and O–H groups in total. The normalized spacial score (nSPS) is 11.2. The van der Waals surface area contributed by atoms with Crippen LogP contribution in [0.2, 0.25) is 0 Å². The molecule has 128 valence electrons. The second-order valence-corrected chi connectivity index (χ2v) is 5.65. The number of fused-ring (bicyclic) bond motifs is 1. The number of hydrogen-bond acceptors (Lipinski definition) is 6. The lowest BCUT2D eigenvalue weighted by Crippen LogP contribution is -2.51. The fraction of sp³-hybridized carbons (Fsp3) is 0.375. The molecule has 2 aromatic rings. The topological polar surface area (TPSA) is 99.0 Å². The highest BCUT2D eigenvalue weighted by molar-refractivity contribution is 5.85. The number of carbonyl (C=O) groups is 2. The molecule has 24 heavy (non-hydrogen) atoms. The molecule has 0 saturated heterocycles. The van der Waals surface area contributed by atoms with Crippen molar-refractivity contribution in [2.75, 3.05) is 6.61 Å². The molecule has 0 aliphatic carbocycles. The van der Waals surface area contributed by atoms with Crippen molar-refractivity contribution in [2.45, 2.75) is 33.2 Å². The van der Waals surface area contributed by atoms with Crippen molar-refractivity contribution in [3.63, 3.8) is 0 Å². The van der Waals surface area contributed by atoms with Gasteiger partial charge in [-0.1, -0.05) is 6.07 Å². The van der Waals surface area contributed by atoms with Crippen molar-refractivity contribution in [2.24, 2.45) is 0 Å². The summed E-state index contributed by atoms with van der Waals surface area (Å²) in [6.07, 6.45) is 0.231. The van der Waals surface area contributed by atoms with E-state index >= 15 is 0 Å². The van der Waals surface area contributed by atoms with E-state index in [0.717, 1.165) is 0 Å². The van der Waals surface area contributed by atoms with Crippen LogP contribution < -0.4 is 15.6 Å². The summed E-state index contributed by atoms with van der Waals surface area (Å²) in [5, 5.41) is 2.37. The SMILES string of the molecule is CCOC(=O)C(C)(C)NC(=O)Oc1cnc2cccc(C)n2c1=O. The van der Waals surface area contributed by atoms with Crippen LogP contribution in [0.15, 0.2) is 29.2 Å². The molecule has 8 nitrogen and oxygen atoms in total. The Morgan fingerprint density at radius 2 is 2.04 bits per heavy atom. The smallest absolute Gasteiger partial charge is 0.413 e. The van der Waals surface area contributed by atoms with Crippen LogP contribution in [-0.4, -0.2) is 33.6 Å². The first-order chi connectivity index (χ1) is 11.3. The second kappa shape index (κ2) is 6.69. The van der Waals surface area contributed by atoms with Crippen LogP contribution in [0.1, 0.15) is 26.5 Å². The predicted octanol–water partition coefficient (Wildman–Crippen LogP) is 1.43. The van der Waals surface area contributed by atoms with Gasteiger partial charge in [0, 0.05) is 5.69 Å². The summed E-state index contributed by atoms with van der Waals surface area (Å²) in [5.41, 5.74) is -0.701. The van der Waals surface area contributed by atoms with E-state index in [2.05, 4.69) is 10.3 Å². The molecular formula is C16H19N3O5. The number of rotatable bonds is 4. The van der Waals surface area contributed by atoms with E-state index in [1.807, 2.05) is 0 Å². The lowest BCUT2D eigenvalue weighted by atomic mass is 10.1. The molecule has 0 aromatic carbocycles. The van der Waals surface area contributed by atoms with E-state index in [-0.39, 0.29) is 12.4 Å². The standard InChI is InChI=1S/C16H19N3O5/c1-5-23-14(21)16(3,4)18-15(22)24-11-9-17-12-8-6-7-10(2)19(12)13(11)20/h6-9H,5H2,1-4H3,(H,18,22). The summed E-state index contributed by atoms with van der Waals surface area (Å²) in [6.45, 7) is 6.54. The van der Waals surface area contributed by atoms with Gasteiger partial charge in [0.15, 0.2) is 0 Å². The Labute approximate surface area is 138 Å². The maximum Gasteiger partial charge on any atom is 0.413 e. The predicted molar refractivity (Wildman–Crippen MR) is 86.1 cm³/mol. The van der Waals surface area contributed by atoms with E-state index in [4.69, 9.17) is 9.47 Å². The van der Waals surface area contributed by atoms with Gasteiger partial charge in [0.05, 0.1) is 12.8 Å². The molecule has 0 bridgehead atoms. The van der Waals surface area contributed by atoms with E-state index in [1.165, 1.54) is 24.4 Å². The molecule has 0 aliphatic heterocycles. The number of ether oxygens (including phenoxy) is 2. The summed E-state index contributed by atoms with van der Waals surface area (Å²) in [5.74, 6) is -0.842. The van der Waals surface area contributed by atoms with E-state index in [0.29, 0.717) is 11.3 Å². The molecule has 2 rings (SSSR count). The van der Waals surface area contributed by atoms with Crippen molar-refractivity contribution in [3.8, 4) is 5.75 Å². The van der Waals surface area contributed by atoms with Gasteiger partial charge in [-0.3, -0.25) is 9.20 Å². The number of esters is 1. The quantitative estimate of drug-likeness (QED) is 0.850. The molecule has 1 amide bonds. The van der Waals surface area contributed by atoms with Gasteiger partial charge >= 0.3 is 17.6 Å². The minimum absolute atomic E-state index is 0.189. The summed E-state index contributed by atoms with van der Waals surface area (Å²) in [7, 11) is 0. The molecule has 0 atom stereocenters. The zero-order valence-electron chi connectivity index (χ0n) is 14.0. The Morgan fingerprint density at radius 3 is 2.71 bits per heavy atom. The second-order valence-electron chi connectivity index (χ2n) is 5.65. The van der Waals surface area contributed by atoms with Crippen LogP contribution in [0.3, 0.4) is 0 Å². The highest BCUT2D eigenvalue weighted by atomic mass is 16.6. The zero-order valence-corrected chi connectivity index (χ0v) is 14.0. The maximum atomic E-state index is 12.4. The Bertz CT molecular complexity index is 841. The third kappa shape index (κ3) is 3.53. The highest BCUT2D eigenvalue weighted by Crippen LogP contribution is 2.09. The molecule has 0 saturated carbocycles. The van der Waals surface area contributed by atoms with Gasteiger partial charge in [0.1, 0.15) is 11.2 Å². The summed E-state index contributed by atoms with van der Waals surface area (Å²) in [4.78, 5) is 40.3. The molecule has 0 radical (unpaired) electrons. The summed E-state index contributed by atoms with van der Waals surface area (Å²) < 4.78 is 11.2. The number of hydrogen-bond donors (Lipinski definition) is 1. The van der Waals surface area contributed by atoms with Gasteiger partial charge in [-0.15, -0.1) is 0 Å². The number of amides is 1. The van der Waals surface area contributed by atoms with Crippen LogP contribution in [0, 0.1) is 6.92 Å². The number of nitrogens with zero attached hydrogens (tertiary/aromatic N) is 2. The van der Waals surface area contributed by atoms with Crippen LogP contribution in [-0.2, 0) is 9.53 Å². The average molecular weight is 333 g/mol. The fourth-order valence-electron chi connectivity index (χ4n) is 2.07. The molecule has 0 unspecified atom stereocenters. The Balaban J connectivity index is 2.22.